The van der Waals surface area contributed by atoms with E-state index in [0.29, 0.717) is 25.3 Å². The largest absolute Gasteiger partial charge is 0.456 e. The van der Waals surface area contributed by atoms with E-state index < -0.39 is 11.7 Å². The zero-order valence-electron chi connectivity index (χ0n) is 28.0. The molecule has 47 heavy (non-hydrogen) atoms. The van der Waals surface area contributed by atoms with Crippen LogP contribution in [0.15, 0.2) is 78.9 Å². The second-order valence-electron chi connectivity index (χ2n) is 12.7. The number of carbonyl (C=O) groups excluding carboxylic acids is 3. The minimum atomic E-state index is -0.530. The lowest BCUT2D eigenvalue weighted by atomic mass is 10.0. The Balaban J connectivity index is 1.05. The van der Waals surface area contributed by atoms with Gasteiger partial charge >= 0.3 is 12.1 Å². The first kappa shape index (κ1) is 35.4. The molecule has 10 heteroatoms. The lowest BCUT2D eigenvalue weighted by Crippen LogP contribution is -2.43. The van der Waals surface area contributed by atoms with Crippen LogP contribution in [0.4, 0.5) is 16.2 Å². The summed E-state index contributed by atoms with van der Waals surface area (Å²) >= 11 is 0. The molecule has 1 fully saturated rings. The molecule has 0 atom stereocenters. The van der Waals surface area contributed by atoms with E-state index in [1.54, 1.807) is 24.1 Å². The van der Waals surface area contributed by atoms with Crippen LogP contribution >= 0.6 is 0 Å². The van der Waals surface area contributed by atoms with Gasteiger partial charge in [0.25, 0.3) is 0 Å². The maximum Gasteiger partial charge on any atom is 0.411 e. The molecule has 0 radical (unpaired) electrons. The van der Waals surface area contributed by atoms with Crippen LogP contribution in [-0.2, 0) is 19.0 Å². The summed E-state index contributed by atoms with van der Waals surface area (Å²) in [4.78, 5) is 41.4. The van der Waals surface area contributed by atoms with Crippen molar-refractivity contribution >= 4 is 29.3 Å². The Morgan fingerprint density at radius 1 is 0.915 bits per heavy atom. The van der Waals surface area contributed by atoms with Gasteiger partial charge in [0.05, 0.1) is 11.3 Å². The van der Waals surface area contributed by atoms with E-state index in [4.69, 9.17) is 14.2 Å². The molecule has 1 heterocycles. The van der Waals surface area contributed by atoms with Gasteiger partial charge in [0.15, 0.2) is 0 Å². The zero-order valence-corrected chi connectivity index (χ0v) is 28.0. The minimum absolute atomic E-state index is 0.0412. The van der Waals surface area contributed by atoms with Crippen molar-refractivity contribution in [3.8, 4) is 11.1 Å². The molecule has 4 rings (SSSR count). The van der Waals surface area contributed by atoms with Gasteiger partial charge in [0, 0.05) is 57.6 Å². The highest BCUT2D eigenvalue weighted by molar-refractivity contribution is 5.91. The predicted octanol–water partition coefficient (Wildman–Crippen LogP) is 6.30. The summed E-state index contributed by atoms with van der Waals surface area (Å²) in [5.74, 6) is -0.397. The molecule has 3 aromatic rings. The standard InChI is InChI=1S/C37H48N4O6/c1-37(2,3)47-35(43)29-15-17-30(18-16-29)38-21-10-26-45-27-34(42)40(4)24-25-41-22-19-31(20-23-41)46-36(44)39-33-14-9-8-13-32(33)28-11-6-5-7-12-28/h5-9,11-18,31,38H,10,19-27H2,1-4H3,(H,39,44). The Kier molecular flexibility index (Phi) is 13.2. The van der Waals surface area contributed by atoms with Crippen molar-refractivity contribution in [2.75, 3.05) is 63.6 Å². The molecule has 0 spiro atoms. The van der Waals surface area contributed by atoms with Crippen LogP contribution < -0.4 is 10.6 Å². The first-order valence-electron chi connectivity index (χ1n) is 16.3. The fourth-order valence-electron chi connectivity index (χ4n) is 5.16. The lowest BCUT2D eigenvalue weighted by Gasteiger charge is -2.32. The molecule has 2 amide bonds. The van der Waals surface area contributed by atoms with Crippen molar-refractivity contribution in [1.29, 1.82) is 0 Å². The van der Waals surface area contributed by atoms with Crippen LogP contribution in [0.3, 0.4) is 0 Å². The lowest BCUT2D eigenvalue weighted by molar-refractivity contribution is -0.135. The maximum atomic E-state index is 12.7. The summed E-state index contributed by atoms with van der Waals surface area (Å²) in [5.41, 5.74) is 3.58. The molecule has 0 aromatic heterocycles. The third-order valence-electron chi connectivity index (χ3n) is 7.77. The summed E-state index contributed by atoms with van der Waals surface area (Å²) in [5, 5.41) is 6.21. The van der Waals surface area contributed by atoms with Crippen LogP contribution in [0.2, 0.25) is 0 Å². The SMILES string of the molecule is CN(CCN1CCC(OC(=O)Nc2ccccc2-c2ccccc2)CC1)C(=O)COCCCNc1ccc(C(=O)OC(C)(C)C)cc1. The highest BCUT2D eigenvalue weighted by Crippen LogP contribution is 2.28. The number of piperidine rings is 1. The average molecular weight is 645 g/mol. The van der Waals surface area contributed by atoms with Gasteiger partial charge in [-0.15, -0.1) is 0 Å². The molecule has 0 aliphatic carbocycles. The van der Waals surface area contributed by atoms with E-state index in [0.717, 1.165) is 61.4 Å². The Bertz CT molecular complexity index is 1430. The van der Waals surface area contributed by atoms with Crippen LogP contribution in [0.1, 0.15) is 50.4 Å². The molecule has 0 saturated carbocycles. The van der Waals surface area contributed by atoms with E-state index in [2.05, 4.69) is 15.5 Å². The number of ether oxygens (including phenoxy) is 3. The first-order valence-corrected chi connectivity index (χ1v) is 16.3. The van der Waals surface area contributed by atoms with Gasteiger partial charge in [-0.25, -0.2) is 9.59 Å². The number of nitrogens with one attached hydrogen (secondary N) is 2. The molecular weight excluding hydrogens is 596 g/mol. The van der Waals surface area contributed by atoms with Crippen molar-refractivity contribution in [2.24, 2.45) is 0 Å². The Hall–Kier alpha value is -4.41. The van der Waals surface area contributed by atoms with Crippen LogP contribution in [0.25, 0.3) is 11.1 Å². The number of nitrogens with zero attached hydrogens (tertiary/aromatic N) is 2. The van der Waals surface area contributed by atoms with Gasteiger partial charge in [-0.2, -0.15) is 0 Å². The summed E-state index contributed by atoms with van der Waals surface area (Å²) in [6, 6.07) is 24.8. The number of anilines is 2. The quantitative estimate of drug-likeness (QED) is 0.156. The number of benzene rings is 3. The Morgan fingerprint density at radius 3 is 2.30 bits per heavy atom. The zero-order chi connectivity index (χ0) is 33.6. The molecular formula is C37H48N4O6. The number of hydrogen-bond acceptors (Lipinski definition) is 8. The monoisotopic (exact) mass is 644 g/mol. The number of para-hydroxylation sites is 1. The van der Waals surface area contributed by atoms with E-state index in [9.17, 15) is 14.4 Å². The van der Waals surface area contributed by atoms with Crippen LogP contribution in [-0.4, -0.2) is 92.5 Å². The van der Waals surface area contributed by atoms with Crippen molar-refractivity contribution in [3.05, 3.63) is 84.4 Å². The van der Waals surface area contributed by atoms with Crippen LogP contribution in [0.5, 0.6) is 0 Å². The van der Waals surface area contributed by atoms with Gasteiger partial charge in [-0.3, -0.25) is 10.1 Å². The molecule has 0 unspecified atom stereocenters. The second kappa shape index (κ2) is 17.5. The molecule has 1 aliphatic heterocycles. The van der Waals surface area contributed by atoms with E-state index >= 15 is 0 Å². The number of esters is 1. The van der Waals surface area contributed by atoms with Crippen LogP contribution in [0, 0.1) is 0 Å². The highest BCUT2D eigenvalue weighted by Gasteiger charge is 2.23. The fourth-order valence-corrected chi connectivity index (χ4v) is 5.16. The minimum Gasteiger partial charge on any atom is -0.456 e. The molecule has 1 aliphatic rings. The third kappa shape index (κ3) is 12.0. The number of carbonyl (C=O) groups is 3. The van der Waals surface area contributed by atoms with Crippen molar-refractivity contribution in [2.45, 2.75) is 51.7 Å². The Labute approximate surface area is 278 Å². The third-order valence-corrected chi connectivity index (χ3v) is 7.77. The summed E-state index contributed by atoms with van der Waals surface area (Å²) in [7, 11) is 1.79. The number of likely N-dealkylation sites (N-methyl/N-ethyl adjacent to an activating group) is 1. The normalized spacial score (nSPS) is 13.9. The topological polar surface area (TPSA) is 109 Å². The van der Waals surface area contributed by atoms with E-state index in [-0.39, 0.29) is 24.6 Å². The number of amides is 2. The summed E-state index contributed by atoms with van der Waals surface area (Å²) in [6.45, 7) is 9.66. The van der Waals surface area contributed by atoms with Gasteiger partial charge in [-0.05, 0) is 75.9 Å². The fraction of sp³-hybridized carbons (Fsp3) is 0.432. The summed E-state index contributed by atoms with van der Waals surface area (Å²) in [6.07, 6.45) is 1.64. The molecule has 3 aromatic carbocycles. The van der Waals surface area contributed by atoms with Gasteiger partial charge in [-0.1, -0.05) is 48.5 Å². The molecule has 10 nitrogen and oxygen atoms in total. The Morgan fingerprint density at radius 2 is 1.60 bits per heavy atom. The molecule has 252 valence electrons. The number of likely N-dealkylation sites (tertiary alicyclic amines) is 1. The van der Waals surface area contributed by atoms with E-state index in [1.807, 2.05) is 87.5 Å². The smallest absolute Gasteiger partial charge is 0.411 e. The molecule has 0 bridgehead atoms. The van der Waals surface area contributed by atoms with Gasteiger partial charge in [0.2, 0.25) is 5.91 Å². The van der Waals surface area contributed by atoms with Gasteiger partial charge in [0.1, 0.15) is 18.3 Å². The van der Waals surface area contributed by atoms with E-state index in [1.165, 1.54) is 0 Å². The predicted molar refractivity (Wildman–Crippen MR) is 185 cm³/mol. The number of hydrogen-bond donors (Lipinski definition) is 2. The molecule has 1 saturated heterocycles. The first-order chi connectivity index (χ1) is 22.6. The van der Waals surface area contributed by atoms with Crippen molar-refractivity contribution in [1.82, 2.24) is 9.80 Å². The van der Waals surface area contributed by atoms with Crippen molar-refractivity contribution < 1.29 is 28.6 Å². The summed E-state index contributed by atoms with van der Waals surface area (Å²) < 4.78 is 16.7. The molecule has 2 N–H and O–H groups in total. The average Bonchev–Trinajstić information content (AvgIpc) is 3.06. The number of rotatable bonds is 14. The van der Waals surface area contributed by atoms with Gasteiger partial charge < -0.3 is 29.3 Å². The maximum absolute atomic E-state index is 12.7. The van der Waals surface area contributed by atoms with Crippen molar-refractivity contribution in [3.63, 3.8) is 0 Å². The highest BCUT2D eigenvalue weighted by atomic mass is 16.6. The second-order valence-corrected chi connectivity index (χ2v) is 12.7.